The topological polar surface area (TPSA) is 52.9 Å². The fourth-order valence-corrected chi connectivity index (χ4v) is 4.40. The molecule has 0 spiro atoms. The molecule has 4 aromatic rings. The highest BCUT2D eigenvalue weighted by Gasteiger charge is 2.26. The number of fused-ring (bicyclic) bond motifs is 1. The molecule has 0 atom stereocenters. The van der Waals surface area contributed by atoms with Gasteiger partial charge in [0, 0.05) is 32.2 Å². The van der Waals surface area contributed by atoms with Crippen LogP contribution in [0.15, 0.2) is 54.6 Å². The second kappa shape index (κ2) is 10.9. The lowest BCUT2D eigenvalue weighted by atomic mass is 10.1. The highest BCUT2D eigenvalue weighted by Crippen LogP contribution is 2.31. The largest absolute Gasteiger partial charge is 0.374 e. The van der Waals surface area contributed by atoms with E-state index in [-0.39, 0.29) is 11.7 Å². The van der Waals surface area contributed by atoms with Crippen molar-refractivity contribution in [2.45, 2.75) is 13.5 Å². The Balaban J connectivity index is 1.86. The first-order valence-corrected chi connectivity index (χ1v) is 12.3. The summed E-state index contributed by atoms with van der Waals surface area (Å²) in [6.45, 7) is 3.17. The third kappa shape index (κ3) is 5.33. The maximum absolute atomic E-state index is 14.1. The van der Waals surface area contributed by atoms with E-state index < -0.39 is 0 Å². The smallest absolute Gasteiger partial charge is 0.275 e. The zero-order chi connectivity index (χ0) is 26.0. The van der Waals surface area contributed by atoms with E-state index in [1.54, 1.807) is 36.1 Å². The third-order valence-corrected chi connectivity index (χ3v) is 6.73. The number of hydrogen-bond acceptors (Lipinski definition) is 4. The third-order valence-electron chi connectivity index (χ3n) is 6.00. The lowest BCUT2D eigenvalue weighted by Gasteiger charge is -2.24. The van der Waals surface area contributed by atoms with Crippen molar-refractivity contribution in [1.29, 1.82) is 0 Å². The number of hydrogen-bond donors (Lipinski definition) is 1. The fourth-order valence-electron chi connectivity index (χ4n) is 4.08. The number of imidazole rings is 1. The number of nitrogens with zero attached hydrogens (tertiary/aromatic N) is 4. The second-order valence-electron chi connectivity index (χ2n) is 8.91. The van der Waals surface area contributed by atoms with Crippen molar-refractivity contribution in [3.8, 4) is 11.3 Å². The van der Waals surface area contributed by atoms with Crippen LogP contribution in [0.5, 0.6) is 0 Å². The number of anilines is 1. The lowest BCUT2D eigenvalue weighted by molar-refractivity contribution is 0.0727. The first-order valence-electron chi connectivity index (χ1n) is 11.5. The van der Waals surface area contributed by atoms with E-state index >= 15 is 0 Å². The molecule has 1 N–H and O–H groups in total. The van der Waals surface area contributed by atoms with Gasteiger partial charge < -0.3 is 15.1 Å². The molecular formula is C27H28Cl2FN5O. The highest BCUT2D eigenvalue weighted by atomic mass is 35.5. The molecule has 6 nitrogen and oxygen atoms in total. The summed E-state index contributed by atoms with van der Waals surface area (Å²) in [6.07, 6.45) is 0. The molecule has 4 rings (SSSR count). The first kappa shape index (κ1) is 25.9. The summed E-state index contributed by atoms with van der Waals surface area (Å²) in [6, 6.07) is 15.8. The molecule has 2 aromatic carbocycles. The van der Waals surface area contributed by atoms with Crippen molar-refractivity contribution < 1.29 is 9.18 Å². The predicted molar refractivity (Wildman–Crippen MR) is 145 cm³/mol. The molecule has 0 fully saturated rings. The number of amides is 1. The van der Waals surface area contributed by atoms with Crippen molar-refractivity contribution in [2.75, 3.05) is 39.5 Å². The van der Waals surface area contributed by atoms with Gasteiger partial charge in [-0.25, -0.2) is 9.37 Å². The Labute approximate surface area is 220 Å². The van der Waals surface area contributed by atoms with E-state index in [1.807, 2.05) is 54.7 Å². The maximum Gasteiger partial charge on any atom is 0.275 e. The van der Waals surface area contributed by atoms with E-state index in [2.05, 4.69) is 5.32 Å². The Morgan fingerprint density at radius 1 is 1.06 bits per heavy atom. The van der Waals surface area contributed by atoms with Gasteiger partial charge in [-0.05, 0) is 74.6 Å². The highest BCUT2D eigenvalue weighted by molar-refractivity contribution is 6.42. The van der Waals surface area contributed by atoms with Crippen LogP contribution in [-0.2, 0) is 6.54 Å². The average Bonchev–Trinajstić information content (AvgIpc) is 3.25. The van der Waals surface area contributed by atoms with Gasteiger partial charge in [0.25, 0.3) is 5.91 Å². The van der Waals surface area contributed by atoms with Gasteiger partial charge in [0.1, 0.15) is 17.3 Å². The first-order chi connectivity index (χ1) is 17.2. The van der Waals surface area contributed by atoms with Crippen molar-refractivity contribution in [1.82, 2.24) is 19.2 Å². The summed E-state index contributed by atoms with van der Waals surface area (Å²) in [5.74, 6) is 0.229. The minimum absolute atomic E-state index is 0.231. The monoisotopic (exact) mass is 527 g/mol. The van der Waals surface area contributed by atoms with E-state index in [0.29, 0.717) is 57.8 Å². The number of halogens is 3. The number of aromatic nitrogens is 2. The predicted octanol–water partition coefficient (Wildman–Crippen LogP) is 6.00. The maximum atomic E-state index is 14.1. The number of carbonyl (C=O) groups excluding carboxylic acids is 1. The molecular weight excluding hydrogens is 500 g/mol. The Hall–Kier alpha value is -3.13. The Morgan fingerprint density at radius 3 is 2.50 bits per heavy atom. The molecule has 0 saturated carbocycles. The van der Waals surface area contributed by atoms with Crippen LogP contribution in [0.25, 0.3) is 16.9 Å². The minimum atomic E-state index is -0.304. The standard InChI is InChI=1S/C27H28Cl2FN5O/c1-17-14-19(9-11-22(17)30)26-25(32-24-7-5-6-23(31-2)35(24)26)27(36)34(13-12-33(3)4)16-18-8-10-20(28)21(29)15-18/h5-11,14-15,31H,12-13,16H2,1-4H3. The van der Waals surface area contributed by atoms with Gasteiger partial charge in [0.05, 0.1) is 15.7 Å². The van der Waals surface area contributed by atoms with Crippen LogP contribution in [0.3, 0.4) is 0 Å². The van der Waals surface area contributed by atoms with Crippen molar-refractivity contribution >= 4 is 40.6 Å². The van der Waals surface area contributed by atoms with Crippen LogP contribution in [0, 0.1) is 12.7 Å². The molecule has 188 valence electrons. The molecule has 0 aliphatic heterocycles. The normalized spacial score (nSPS) is 11.3. The molecule has 0 radical (unpaired) electrons. The molecule has 0 unspecified atom stereocenters. The van der Waals surface area contributed by atoms with Crippen molar-refractivity contribution in [2.24, 2.45) is 0 Å². The second-order valence-corrected chi connectivity index (χ2v) is 9.72. The zero-order valence-corrected chi connectivity index (χ0v) is 22.2. The van der Waals surface area contributed by atoms with Crippen LogP contribution < -0.4 is 5.32 Å². The number of carbonyl (C=O) groups is 1. The number of nitrogens with one attached hydrogen (secondary N) is 1. The molecule has 0 aliphatic carbocycles. The van der Waals surface area contributed by atoms with E-state index in [9.17, 15) is 9.18 Å². The molecule has 0 saturated heterocycles. The molecule has 1 amide bonds. The van der Waals surface area contributed by atoms with Gasteiger partial charge in [-0.1, -0.05) is 35.3 Å². The lowest BCUT2D eigenvalue weighted by Crippen LogP contribution is -2.36. The number of likely N-dealkylation sites (N-methyl/N-ethyl adjacent to an activating group) is 1. The average molecular weight is 528 g/mol. The SMILES string of the molecule is CNc1cccc2nc(C(=O)N(CCN(C)C)Cc3ccc(Cl)c(Cl)c3)c(-c3ccc(F)c(C)c3)n12. The summed E-state index contributed by atoms with van der Waals surface area (Å²) in [4.78, 5) is 22.6. The number of benzene rings is 2. The van der Waals surface area contributed by atoms with Crippen LogP contribution in [0.4, 0.5) is 10.2 Å². The summed E-state index contributed by atoms with van der Waals surface area (Å²) >= 11 is 12.3. The molecule has 2 aromatic heterocycles. The zero-order valence-electron chi connectivity index (χ0n) is 20.6. The molecule has 36 heavy (non-hydrogen) atoms. The van der Waals surface area contributed by atoms with Crippen molar-refractivity contribution in [3.05, 3.63) is 87.3 Å². The summed E-state index contributed by atoms with van der Waals surface area (Å²) in [5.41, 5.74) is 3.56. The van der Waals surface area contributed by atoms with Crippen molar-refractivity contribution in [3.63, 3.8) is 0 Å². The quantitative estimate of drug-likeness (QED) is 0.305. The summed E-state index contributed by atoms with van der Waals surface area (Å²) in [7, 11) is 5.72. The van der Waals surface area contributed by atoms with Crippen LogP contribution in [0.2, 0.25) is 10.0 Å². The van der Waals surface area contributed by atoms with Crippen LogP contribution in [0.1, 0.15) is 21.6 Å². The van der Waals surface area contributed by atoms with E-state index in [1.165, 1.54) is 6.07 Å². The van der Waals surface area contributed by atoms with Gasteiger partial charge in [0.2, 0.25) is 0 Å². The van der Waals surface area contributed by atoms with Gasteiger partial charge in [-0.2, -0.15) is 0 Å². The van der Waals surface area contributed by atoms with E-state index in [4.69, 9.17) is 28.2 Å². The summed E-state index contributed by atoms with van der Waals surface area (Å²) < 4.78 is 16.0. The van der Waals surface area contributed by atoms with Gasteiger partial charge in [-0.15, -0.1) is 0 Å². The van der Waals surface area contributed by atoms with Gasteiger partial charge in [0.15, 0.2) is 5.69 Å². The molecule has 0 aliphatic rings. The molecule has 2 heterocycles. The fraction of sp³-hybridized carbons (Fsp3) is 0.259. The van der Waals surface area contributed by atoms with Crippen LogP contribution >= 0.6 is 23.2 Å². The molecule has 0 bridgehead atoms. The van der Waals surface area contributed by atoms with Gasteiger partial charge in [-0.3, -0.25) is 9.20 Å². The number of pyridine rings is 1. The van der Waals surface area contributed by atoms with Gasteiger partial charge >= 0.3 is 0 Å². The minimum Gasteiger partial charge on any atom is -0.374 e. The van der Waals surface area contributed by atoms with Crippen LogP contribution in [-0.4, -0.2) is 59.3 Å². The Morgan fingerprint density at radius 2 is 1.83 bits per heavy atom. The summed E-state index contributed by atoms with van der Waals surface area (Å²) in [5, 5.41) is 4.06. The Kier molecular flexibility index (Phi) is 7.83. The number of rotatable bonds is 8. The number of aryl methyl sites for hydroxylation is 1. The molecule has 9 heteroatoms. The Bertz CT molecular complexity index is 1420. The van der Waals surface area contributed by atoms with E-state index in [0.717, 1.165) is 11.4 Å².